The summed E-state index contributed by atoms with van der Waals surface area (Å²) in [6.07, 6.45) is -0.777. The number of nitrogens with one attached hydrogen (secondary N) is 1. The van der Waals surface area contributed by atoms with Crippen LogP contribution in [0.1, 0.15) is 34.0 Å². The molecule has 1 aromatic heterocycles. The third kappa shape index (κ3) is 6.25. The number of aromatic nitrogens is 1. The van der Waals surface area contributed by atoms with Gasteiger partial charge in [0.1, 0.15) is 11.9 Å². The van der Waals surface area contributed by atoms with Crippen LogP contribution in [0.3, 0.4) is 0 Å². The summed E-state index contributed by atoms with van der Waals surface area (Å²) >= 11 is 1.22. The highest BCUT2D eigenvalue weighted by Crippen LogP contribution is 2.36. The average Bonchev–Trinajstić information content (AvgIpc) is 3.44. The van der Waals surface area contributed by atoms with E-state index in [2.05, 4.69) is 10.3 Å². The number of hydrogen-bond donors (Lipinski definition) is 2. The lowest BCUT2D eigenvalue weighted by atomic mass is 9.99. The molecule has 0 radical (unpaired) electrons. The summed E-state index contributed by atoms with van der Waals surface area (Å²) in [5.41, 5.74) is 1.05. The fourth-order valence-corrected chi connectivity index (χ4v) is 6.89. The fourth-order valence-electron chi connectivity index (χ4n) is 4.84. The molecule has 10 nitrogen and oxygen atoms in total. The number of thiazole rings is 1. The zero-order valence-corrected chi connectivity index (χ0v) is 25.4. The van der Waals surface area contributed by atoms with Crippen molar-refractivity contribution in [1.29, 1.82) is 0 Å². The number of sulfonamides is 1. The van der Waals surface area contributed by atoms with E-state index in [1.165, 1.54) is 35.4 Å². The number of carbonyl (C=O) groups is 2. The van der Waals surface area contributed by atoms with Crippen LogP contribution in [0, 0.1) is 11.7 Å². The van der Waals surface area contributed by atoms with Gasteiger partial charge >= 0.3 is 0 Å². The Morgan fingerprint density at radius 1 is 1.19 bits per heavy atom. The largest absolute Gasteiger partial charge is 0.486 e. The number of aliphatic hydroxyl groups is 1. The van der Waals surface area contributed by atoms with Crippen LogP contribution < -0.4 is 10.1 Å². The Morgan fingerprint density at radius 2 is 1.91 bits per heavy atom. The molecule has 4 aromatic rings. The van der Waals surface area contributed by atoms with Crippen molar-refractivity contribution < 1.29 is 32.2 Å². The van der Waals surface area contributed by atoms with Crippen LogP contribution in [0.25, 0.3) is 10.2 Å². The first-order valence-electron chi connectivity index (χ1n) is 13.6. The second kappa shape index (κ2) is 12.4. The van der Waals surface area contributed by atoms with Crippen LogP contribution in [0.2, 0.25) is 0 Å². The molecular weight excluding hydrogens is 595 g/mol. The molecule has 2 heterocycles. The number of ether oxygens (including phenoxy) is 1. The Balaban J connectivity index is 1.51. The summed E-state index contributed by atoms with van der Waals surface area (Å²) in [5.74, 6) is -1.76. The van der Waals surface area contributed by atoms with E-state index in [1.807, 2.05) is 31.2 Å². The minimum Gasteiger partial charge on any atom is -0.486 e. The Hall–Kier alpha value is -3.91. The molecule has 13 heteroatoms. The fraction of sp³-hybridized carbons (Fsp3) is 0.300. The number of para-hydroxylation sites is 2. The molecule has 0 fully saturated rings. The van der Waals surface area contributed by atoms with Crippen molar-refractivity contribution in [1.82, 2.24) is 14.2 Å². The summed E-state index contributed by atoms with van der Waals surface area (Å²) in [4.78, 5) is 32.9. The Labute approximate surface area is 252 Å². The predicted molar refractivity (Wildman–Crippen MR) is 161 cm³/mol. The maximum Gasteiger partial charge on any atom is 0.284 e. The molecular formula is C30H31FN4O6S2. The van der Waals surface area contributed by atoms with Crippen LogP contribution >= 0.6 is 11.3 Å². The van der Waals surface area contributed by atoms with E-state index in [0.29, 0.717) is 5.52 Å². The van der Waals surface area contributed by atoms with Crippen LogP contribution in [-0.2, 0) is 10.0 Å². The Bertz CT molecular complexity index is 1730. The topological polar surface area (TPSA) is 129 Å². The van der Waals surface area contributed by atoms with Crippen molar-refractivity contribution in [3.8, 4) is 5.75 Å². The van der Waals surface area contributed by atoms with E-state index < -0.39 is 45.7 Å². The SMILES string of the molecule is C[C@H](CO)N1C[C@H](C)[C@H](CN(C)S(=O)(=O)c2ccc(F)cc2)Oc2c(NC(=O)c3nc4ccccc4s3)cccc2C1=O. The standard InChI is InChI=1S/C30H31FN4O6S2/c1-18-15-35(19(2)17-36)30(38)22-7-6-9-24(32-28(37)29-33-23-8-4-5-10-26(23)42-29)27(22)41-25(18)16-34(3)43(39,40)21-13-11-20(31)12-14-21/h4-14,18-19,25,36H,15-17H2,1-3H3,(H,32,37)/t18-,19+,25-/m0/s1. The quantitative estimate of drug-likeness (QED) is 0.300. The molecule has 1 aliphatic rings. The average molecular weight is 627 g/mol. The van der Waals surface area contributed by atoms with Gasteiger partial charge in [-0.2, -0.15) is 4.31 Å². The Kier molecular flexibility index (Phi) is 8.79. The van der Waals surface area contributed by atoms with Gasteiger partial charge in [0.05, 0.1) is 45.6 Å². The van der Waals surface area contributed by atoms with Crippen LogP contribution in [0.15, 0.2) is 71.6 Å². The molecule has 0 spiro atoms. The first-order valence-corrected chi connectivity index (χ1v) is 15.9. The van der Waals surface area contributed by atoms with Gasteiger partial charge < -0.3 is 20.1 Å². The Morgan fingerprint density at radius 3 is 2.60 bits per heavy atom. The highest BCUT2D eigenvalue weighted by atomic mass is 32.2. The van der Waals surface area contributed by atoms with E-state index in [-0.39, 0.29) is 46.6 Å². The van der Waals surface area contributed by atoms with Gasteiger partial charge in [0, 0.05) is 19.5 Å². The molecule has 0 saturated heterocycles. The molecule has 1 aliphatic heterocycles. The molecule has 0 aliphatic carbocycles. The van der Waals surface area contributed by atoms with Crippen LogP contribution in [0.4, 0.5) is 10.1 Å². The highest BCUT2D eigenvalue weighted by molar-refractivity contribution is 7.89. The maximum absolute atomic E-state index is 13.7. The van der Waals surface area contributed by atoms with Gasteiger partial charge in [-0.05, 0) is 55.5 Å². The molecule has 226 valence electrons. The molecule has 3 atom stereocenters. The van der Waals surface area contributed by atoms with E-state index in [1.54, 1.807) is 25.1 Å². The monoisotopic (exact) mass is 626 g/mol. The third-order valence-electron chi connectivity index (χ3n) is 7.39. The van der Waals surface area contributed by atoms with Gasteiger partial charge in [-0.25, -0.2) is 17.8 Å². The lowest BCUT2D eigenvalue weighted by molar-refractivity contribution is 0.0388. The van der Waals surface area contributed by atoms with Gasteiger partial charge in [0.2, 0.25) is 10.0 Å². The number of anilines is 1. The smallest absolute Gasteiger partial charge is 0.284 e. The van der Waals surface area contributed by atoms with E-state index in [9.17, 15) is 27.5 Å². The number of amides is 2. The van der Waals surface area contributed by atoms with E-state index >= 15 is 0 Å². The van der Waals surface area contributed by atoms with Crippen molar-refractivity contribution in [3.05, 3.63) is 83.1 Å². The van der Waals surface area contributed by atoms with Crippen LogP contribution in [-0.4, -0.2) is 78.4 Å². The van der Waals surface area contributed by atoms with Crippen molar-refractivity contribution in [2.24, 2.45) is 5.92 Å². The normalized spacial score (nSPS) is 18.1. The predicted octanol–water partition coefficient (Wildman–Crippen LogP) is 4.23. The van der Waals surface area contributed by atoms with E-state index in [0.717, 1.165) is 21.1 Å². The van der Waals surface area contributed by atoms with Gasteiger partial charge in [-0.1, -0.05) is 25.1 Å². The number of aliphatic hydroxyl groups excluding tert-OH is 1. The lowest BCUT2D eigenvalue weighted by Gasteiger charge is -2.38. The summed E-state index contributed by atoms with van der Waals surface area (Å²) in [5, 5.41) is 13.0. The zero-order chi connectivity index (χ0) is 30.9. The number of rotatable bonds is 8. The van der Waals surface area contributed by atoms with Gasteiger partial charge in [0.15, 0.2) is 10.8 Å². The van der Waals surface area contributed by atoms with E-state index in [4.69, 9.17) is 4.74 Å². The minimum atomic E-state index is -4.01. The molecule has 2 amide bonds. The summed E-state index contributed by atoms with van der Waals surface area (Å²) in [7, 11) is -2.61. The minimum absolute atomic E-state index is 0.0789. The number of hydrogen-bond acceptors (Lipinski definition) is 8. The molecule has 2 N–H and O–H groups in total. The third-order valence-corrected chi connectivity index (χ3v) is 10.3. The van der Waals surface area contributed by atoms with Crippen molar-refractivity contribution >= 4 is 49.1 Å². The van der Waals surface area contributed by atoms with Crippen molar-refractivity contribution in [2.75, 3.05) is 32.1 Å². The second-order valence-electron chi connectivity index (χ2n) is 10.5. The van der Waals surface area contributed by atoms with Gasteiger partial charge in [-0.3, -0.25) is 9.59 Å². The zero-order valence-electron chi connectivity index (χ0n) is 23.7. The number of nitrogens with zero attached hydrogens (tertiary/aromatic N) is 3. The number of halogens is 1. The molecule has 43 heavy (non-hydrogen) atoms. The number of benzene rings is 3. The lowest BCUT2D eigenvalue weighted by Crippen LogP contribution is -2.50. The molecule has 3 aromatic carbocycles. The summed E-state index contributed by atoms with van der Waals surface area (Å²) in [6, 6.07) is 16.1. The molecule has 0 unspecified atom stereocenters. The number of likely N-dealkylation sites (N-methyl/N-ethyl adjacent to an activating group) is 1. The number of carbonyl (C=O) groups excluding carboxylic acids is 2. The van der Waals surface area contributed by atoms with Crippen molar-refractivity contribution in [3.63, 3.8) is 0 Å². The maximum atomic E-state index is 13.7. The second-order valence-corrected chi connectivity index (χ2v) is 13.6. The van der Waals surface area contributed by atoms with Gasteiger partial charge in [-0.15, -0.1) is 11.3 Å². The first kappa shape index (κ1) is 30.5. The molecule has 5 rings (SSSR count). The van der Waals surface area contributed by atoms with Crippen molar-refractivity contribution in [2.45, 2.75) is 30.9 Å². The van der Waals surface area contributed by atoms with Gasteiger partial charge in [0.25, 0.3) is 11.8 Å². The molecule has 0 saturated carbocycles. The first-order chi connectivity index (χ1) is 20.5. The highest BCUT2D eigenvalue weighted by Gasteiger charge is 2.36. The van der Waals surface area contributed by atoms with Crippen LogP contribution in [0.5, 0.6) is 5.75 Å². The number of fused-ring (bicyclic) bond motifs is 2. The molecule has 0 bridgehead atoms. The summed E-state index contributed by atoms with van der Waals surface area (Å²) in [6.45, 7) is 3.31. The summed E-state index contributed by atoms with van der Waals surface area (Å²) < 4.78 is 48.5.